The Labute approximate surface area is 176 Å². The highest BCUT2D eigenvalue weighted by molar-refractivity contribution is 6.35. The molecule has 29 heavy (non-hydrogen) atoms. The summed E-state index contributed by atoms with van der Waals surface area (Å²) >= 11 is 11.8. The molecule has 3 aromatic rings. The SMILES string of the molecule is CC(NC(=O)c1cccc(NC(=O)c2cccnc2)c1)c1cc(F)c(Cl)cc1Cl. The van der Waals surface area contributed by atoms with Gasteiger partial charge in [-0.3, -0.25) is 14.6 Å². The first-order valence-corrected chi connectivity index (χ1v) is 9.37. The van der Waals surface area contributed by atoms with E-state index in [2.05, 4.69) is 15.6 Å². The number of benzene rings is 2. The molecular formula is C21H16Cl2FN3O2. The second kappa shape index (κ2) is 9.03. The van der Waals surface area contributed by atoms with E-state index in [1.165, 1.54) is 18.3 Å². The molecule has 0 spiro atoms. The number of rotatable bonds is 5. The van der Waals surface area contributed by atoms with Crippen molar-refractivity contribution in [3.8, 4) is 0 Å². The molecule has 0 aliphatic heterocycles. The highest BCUT2D eigenvalue weighted by Crippen LogP contribution is 2.28. The molecule has 5 nitrogen and oxygen atoms in total. The van der Waals surface area contributed by atoms with Crippen LogP contribution in [0.3, 0.4) is 0 Å². The average Bonchev–Trinajstić information content (AvgIpc) is 2.71. The van der Waals surface area contributed by atoms with Crippen molar-refractivity contribution in [3.05, 3.63) is 93.5 Å². The first kappa shape index (κ1) is 20.8. The lowest BCUT2D eigenvalue weighted by Gasteiger charge is -2.17. The molecule has 1 unspecified atom stereocenters. The van der Waals surface area contributed by atoms with E-state index in [1.807, 2.05) is 0 Å². The van der Waals surface area contributed by atoms with E-state index in [-0.39, 0.29) is 16.0 Å². The normalized spacial score (nSPS) is 11.6. The summed E-state index contributed by atoms with van der Waals surface area (Å²) in [5.41, 5.74) is 1.58. The molecule has 0 bridgehead atoms. The predicted molar refractivity (Wildman–Crippen MR) is 111 cm³/mol. The van der Waals surface area contributed by atoms with Crippen LogP contribution in [0.4, 0.5) is 10.1 Å². The molecule has 2 amide bonds. The van der Waals surface area contributed by atoms with Gasteiger partial charge in [-0.25, -0.2) is 4.39 Å². The van der Waals surface area contributed by atoms with Crippen LogP contribution in [0.2, 0.25) is 10.0 Å². The topological polar surface area (TPSA) is 71.1 Å². The number of anilines is 1. The Balaban J connectivity index is 1.72. The zero-order valence-corrected chi connectivity index (χ0v) is 16.8. The molecule has 0 radical (unpaired) electrons. The van der Waals surface area contributed by atoms with Crippen molar-refractivity contribution in [1.29, 1.82) is 0 Å². The standard InChI is InChI=1S/C21H16Cl2FN3O2/c1-12(16-9-19(24)18(23)10-17(16)22)26-20(28)13-4-2-6-15(8-13)27-21(29)14-5-3-7-25-11-14/h2-12H,1H3,(H,26,28)(H,27,29). The molecule has 0 fully saturated rings. The maximum atomic E-state index is 13.7. The minimum absolute atomic E-state index is 0.0886. The average molecular weight is 432 g/mol. The van der Waals surface area contributed by atoms with Crippen LogP contribution in [0, 0.1) is 5.82 Å². The number of nitrogens with zero attached hydrogens (tertiary/aromatic N) is 1. The molecule has 0 saturated carbocycles. The quantitative estimate of drug-likeness (QED) is 0.540. The summed E-state index contributed by atoms with van der Waals surface area (Å²) in [5, 5.41) is 5.64. The van der Waals surface area contributed by atoms with Crippen LogP contribution >= 0.6 is 23.2 Å². The maximum Gasteiger partial charge on any atom is 0.257 e. The van der Waals surface area contributed by atoms with E-state index in [0.29, 0.717) is 22.4 Å². The first-order chi connectivity index (χ1) is 13.8. The molecule has 0 saturated heterocycles. The number of hydrogen-bond acceptors (Lipinski definition) is 3. The fourth-order valence-electron chi connectivity index (χ4n) is 2.67. The fourth-order valence-corrected chi connectivity index (χ4v) is 3.21. The number of amides is 2. The lowest BCUT2D eigenvalue weighted by molar-refractivity contribution is 0.0938. The number of pyridine rings is 1. The van der Waals surface area contributed by atoms with Gasteiger partial charge in [0, 0.05) is 28.7 Å². The van der Waals surface area contributed by atoms with Gasteiger partial charge in [0.15, 0.2) is 0 Å². The molecule has 2 aromatic carbocycles. The molecule has 8 heteroatoms. The Morgan fingerprint density at radius 1 is 1.00 bits per heavy atom. The largest absolute Gasteiger partial charge is 0.345 e. The Kier molecular flexibility index (Phi) is 6.46. The van der Waals surface area contributed by atoms with Crippen LogP contribution in [-0.2, 0) is 0 Å². The summed E-state index contributed by atoms with van der Waals surface area (Å²) in [6, 6.07) is 11.7. The van der Waals surface area contributed by atoms with Crippen LogP contribution in [0.5, 0.6) is 0 Å². The Morgan fingerprint density at radius 2 is 1.76 bits per heavy atom. The van der Waals surface area contributed by atoms with E-state index in [9.17, 15) is 14.0 Å². The number of hydrogen-bond donors (Lipinski definition) is 2. The van der Waals surface area contributed by atoms with Gasteiger partial charge in [0.1, 0.15) is 5.82 Å². The van der Waals surface area contributed by atoms with Crippen molar-refractivity contribution in [3.63, 3.8) is 0 Å². The molecule has 1 atom stereocenters. The zero-order valence-electron chi connectivity index (χ0n) is 15.2. The van der Waals surface area contributed by atoms with Gasteiger partial charge in [0.2, 0.25) is 0 Å². The Hall–Kier alpha value is -2.96. The first-order valence-electron chi connectivity index (χ1n) is 8.62. The minimum Gasteiger partial charge on any atom is -0.345 e. The van der Waals surface area contributed by atoms with Crippen molar-refractivity contribution >= 4 is 40.7 Å². The number of aromatic nitrogens is 1. The van der Waals surface area contributed by atoms with Gasteiger partial charge >= 0.3 is 0 Å². The van der Waals surface area contributed by atoms with Crippen LogP contribution in [-0.4, -0.2) is 16.8 Å². The molecule has 1 heterocycles. The van der Waals surface area contributed by atoms with Gasteiger partial charge in [0.05, 0.1) is 16.6 Å². The number of carbonyl (C=O) groups excluding carboxylic acids is 2. The van der Waals surface area contributed by atoms with Gasteiger partial charge in [-0.15, -0.1) is 0 Å². The summed E-state index contributed by atoms with van der Waals surface area (Å²) < 4.78 is 13.7. The minimum atomic E-state index is -0.618. The lowest BCUT2D eigenvalue weighted by atomic mass is 10.1. The van der Waals surface area contributed by atoms with E-state index in [4.69, 9.17) is 23.2 Å². The lowest BCUT2D eigenvalue weighted by Crippen LogP contribution is -2.27. The third kappa shape index (κ3) is 5.10. The van der Waals surface area contributed by atoms with Gasteiger partial charge in [-0.2, -0.15) is 0 Å². The van der Waals surface area contributed by atoms with Crippen molar-refractivity contribution in [2.45, 2.75) is 13.0 Å². The van der Waals surface area contributed by atoms with Crippen molar-refractivity contribution in [2.75, 3.05) is 5.32 Å². The Bertz CT molecular complexity index is 1060. The highest BCUT2D eigenvalue weighted by atomic mass is 35.5. The van der Waals surface area contributed by atoms with Crippen molar-refractivity contribution in [2.24, 2.45) is 0 Å². The summed E-state index contributed by atoms with van der Waals surface area (Å²) in [6.45, 7) is 1.68. The van der Waals surface area contributed by atoms with Gasteiger partial charge < -0.3 is 10.6 Å². The molecule has 0 aliphatic carbocycles. The van der Waals surface area contributed by atoms with E-state index < -0.39 is 17.8 Å². The van der Waals surface area contributed by atoms with Crippen LogP contribution in [0.25, 0.3) is 0 Å². The van der Waals surface area contributed by atoms with Crippen LogP contribution in [0.15, 0.2) is 60.9 Å². The molecule has 1 aromatic heterocycles. The van der Waals surface area contributed by atoms with Crippen LogP contribution < -0.4 is 10.6 Å². The molecular weight excluding hydrogens is 416 g/mol. The Morgan fingerprint density at radius 3 is 2.48 bits per heavy atom. The number of nitrogens with one attached hydrogen (secondary N) is 2. The van der Waals surface area contributed by atoms with Gasteiger partial charge in [0.25, 0.3) is 11.8 Å². The summed E-state index contributed by atoms with van der Waals surface area (Å²) in [6.07, 6.45) is 3.02. The second-order valence-electron chi connectivity index (χ2n) is 6.26. The second-order valence-corrected chi connectivity index (χ2v) is 7.07. The number of halogens is 3. The van der Waals surface area contributed by atoms with Crippen LogP contribution in [0.1, 0.15) is 39.2 Å². The van der Waals surface area contributed by atoms with E-state index in [1.54, 1.807) is 49.5 Å². The highest BCUT2D eigenvalue weighted by Gasteiger charge is 2.17. The molecule has 0 aliphatic rings. The summed E-state index contributed by atoms with van der Waals surface area (Å²) in [4.78, 5) is 28.7. The zero-order chi connectivity index (χ0) is 21.0. The van der Waals surface area contributed by atoms with Crippen molar-refractivity contribution < 1.29 is 14.0 Å². The summed E-state index contributed by atoms with van der Waals surface area (Å²) in [7, 11) is 0. The number of carbonyl (C=O) groups is 2. The smallest absolute Gasteiger partial charge is 0.257 e. The van der Waals surface area contributed by atoms with Gasteiger partial charge in [-0.1, -0.05) is 29.3 Å². The molecule has 148 valence electrons. The fraction of sp³-hybridized carbons (Fsp3) is 0.0952. The summed E-state index contributed by atoms with van der Waals surface area (Å²) in [5.74, 6) is -1.36. The van der Waals surface area contributed by atoms with E-state index >= 15 is 0 Å². The maximum absolute atomic E-state index is 13.7. The predicted octanol–water partition coefficient (Wildman–Crippen LogP) is 5.27. The third-order valence-corrected chi connectivity index (χ3v) is 4.78. The van der Waals surface area contributed by atoms with E-state index in [0.717, 1.165) is 0 Å². The molecule has 3 rings (SSSR count). The third-order valence-electron chi connectivity index (χ3n) is 4.16. The van der Waals surface area contributed by atoms with Crippen molar-refractivity contribution in [1.82, 2.24) is 10.3 Å². The molecule has 2 N–H and O–H groups in total. The monoisotopic (exact) mass is 431 g/mol. The van der Waals surface area contributed by atoms with Gasteiger partial charge in [-0.05, 0) is 55.0 Å².